The van der Waals surface area contributed by atoms with Crippen LogP contribution in [0.4, 0.5) is 4.79 Å². The summed E-state index contributed by atoms with van der Waals surface area (Å²) in [6.45, 7) is 3.97. The number of carbonyl (C=O) groups excluding carboxylic acids is 2. The van der Waals surface area contributed by atoms with Crippen LogP contribution in [-0.4, -0.2) is 44.3 Å². The molecule has 0 fully saturated rings. The van der Waals surface area contributed by atoms with Crippen LogP contribution >= 0.6 is 0 Å². The van der Waals surface area contributed by atoms with Crippen LogP contribution in [0.1, 0.15) is 24.1 Å². The maximum Gasteiger partial charge on any atom is 0.338 e. The second-order valence-corrected chi connectivity index (χ2v) is 6.90. The lowest BCUT2D eigenvalue weighted by Crippen LogP contribution is -2.48. The standard InChI is InChI=1S/C23H26N2O5/c1-5-29-22(26)20-19(14-30-18-11-6-8-15(2)12-18)25(3)23(27)24-21(20)16-9-7-10-17(13-16)28-4/h6-13,21H,5,14H2,1-4H3,(H,24,27)/t21-/m1/s1. The van der Waals surface area contributed by atoms with E-state index in [-0.39, 0.29) is 19.2 Å². The van der Waals surface area contributed by atoms with Crippen LogP contribution < -0.4 is 14.8 Å². The number of hydrogen-bond donors (Lipinski definition) is 1. The van der Waals surface area contributed by atoms with Gasteiger partial charge in [-0.1, -0.05) is 24.3 Å². The normalized spacial score (nSPS) is 16.2. The van der Waals surface area contributed by atoms with Crippen molar-refractivity contribution < 1.29 is 23.8 Å². The highest BCUT2D eigenvalue weighted by atomic mass is 16.5. The maximum absolute atomic E-state index is 12.9. The average molecular weight is 410 g/mol. The van der Waals surface area contributed by atoms with Gasteiger partial charge < -0.3 is 19.5 Å². The van der Waals surface area contributed by atoms with Crippen LogP contribution in [-0.2, 0) is 9.53 Å². The molecule has 0 aliphatic carbocycles. The summed E-state index contributed by atoms with van der Waals surface area (Å²) in [4.78, 5) is 27.0. The van der Waals surface area contributed by atoms with Crippen molar-refractivity contribution in [3.05, 3.63) is 70.9 Å². The molecule has 0 saturated carbocycles. The Labute approximate surface area is 176 Å². The van der Waals surface area contributed by atoms with E-state index in [1.54, 1.807) is 33.2 Å². The smallest absolute Gasteiger partial charge is 0.338 e. The van der Waals surface area contributed by atoms with Crippen molar-refractivity contribution in [2.75, 3.05) is 27.4 Å². The van der Waals surface area contributed by atoms with Gasteiger partial charge in [0.2, 0.25) is 0 Å². The number of aryl methyl sites for hydroxylation is 1. The predicted octanol–water partition coefficient (Wildman–Crippen LogP) is 3.60. The van der Waals surface area contributed by atoms with Gasteiger partial charge in [-0.2, -0.15) is 0 Å². The Hall–Kier alpha value is -3.48. The van der Waals surface area contributed by atoms with Gasteiger partial charge in [0.15, 0.2) is 0 Å². The van der Waals surface area contributed by atoms with Gasteiger partial charge in [0, 0.05) is 7.05 Å². The van der Waals surface area contributed by atoms with Crippen LogP contribution in [0.2, 0.25) is 0 Å². The largest absolute Gasteiger partial charge is 0.497 e. The Morgan fingerprint density at radius 2 is 1.87 bits per heavy atom. The number of esters is 1. The molecule has 2 aromatic rings. The Balaban J connectivity index is 2.04. The molecule has 3 rings (SSSR count). The molecule has 30 heavy (non-hydrogen) atoms. The molecule has 1 aliphatic heterocycles. The Kier molecular flexibility index (Phi) is 6.61. The number of urea groups is 1. The van der Waals surface area contributed by atoms with E-state index in [0.29, 0.717) is 28.3 Å². The molecule has 1 N–H and O–H groups in total. The number of methoxy groups -OCH3 is 1. The van der Waals surface area contributed by atoms with E-state index in [2.05, 4.69) is 5.32 Å². The maximum atomic E-state index is 12.9. The fourth-order valence-electron chi connectivity index (χ4n) is 3.31. The third-order valence-electron chi connectivity index (χ3n) is 4.86. The number of amides is 2. The zero-order chi connectivity index (χ0) is 21.7. The second-order valence-electron chi connectivity index (χ2n) is 6.90. The third-order valence-corrected chi connectivity index (χ3v) is 4.86. The van der Waals surface area contributed by atoms with Gasteiger partial charge in [-0.05, 0) is 49.2 Å². The zero-order valence-electron chi connectivity index (χ0n) is 17.6. The first-order valence-corrected chi connectivity index (χ1v) is 9.72. The summed E-state index contributed by atoms with van der Waals surface area (Å²) in [7, 11) is 3.17. The molecule has 0 unspecified atom stereocenters. The summed E-state index contributed by atoms with van der Waals surface area (Å²) < 4.78 is 16.5. The average Bonchev–Trinajstić information content (AvgIpc) is 2.74. The molecule has 0 spiro atoms. The van der Waals surface area contributed by atoms with Gasteiger partial charge in [0.25, 0.3) is 0 Å². The van der Waals surface area contributed by atoms with E-state index in [4.69, 9.17) is 14.2 Å². The van der Waals surface area contributed by atoms with Gasteiger partial charge in [0.1, 0.15) is 18.1 Å². The third kappa shape index (κ3) is 4.56. The number of nitrogens with one attached hydrogen (secondary N) is 1. The van der Waals surface area contributed by atoms with E-state index in [1.165, 1.54) is 4.90 Å². The monoisotopic (exact) mass is 410 g/mol. The van der Waals surface area contributed by atoms with Gasteiger partial charge in [-0.25, -0.2) is 9.59 Å². The highest BCUT2D eigenvalue weighted by molar-refractivity contribution is 5.95. The van der Waals surface area contributed by atoms with E-state index in [1.807, 2.05) is 43.3 Å². The first-order valence-electron chi connectivity index (χ1n) is 9.72. The molecule has 1 atom stereocenters. The van der Waals surface area contributed by atoms with E-state index in [9.17, 15) is 9.59 Å². The molecule has 0 bridgehead atoms. The number of hydrogen-bond acceptors (Lipinski definition) is 5. The lowest BCUT2D eigenvalue weighted by Gasteiger charge is -2.34. The lowest BCUT2D eigenvalue weighted by atomic mass is 9.94. The van der Waals surface area contributed by atoms with E-state index in [0.717, 1.165) is 5.56 Å². The highest BCUT2D eigenvalue weighted by Gasteiger charge is 2.37. The Bertz CT molecular complexity index is 970. The molecular weight excluding hydrogens is 384 g/mol. The van der Waals surface area contributed by atoms with Gasteiger partial charge in [-0.15, -0.1) is 0 Å². The van der Waals surface area contributed by atoms with Crippen molar-refractivity contribution in [3.63, 3.8) is 0 Å². The Morgan fingerprint density at radius 3 is 2.57 bits per heavy atom. The van der Waals surface area contributed by atoms with Gasteiger partial charge >= 0.3 is 12.0 Å². The van der Waals surface area contributed by atoms with Crippen molar-refractivity contribution in [3.8, 4) is 11.5 Å². The van der Waals surface area contributed by atoms with Crippen LogP contribution in [0.25, 0.3) is 0 Å². The molecule has 7 nitrogen and oxygen atoms in total. The van der Waals surface area contributed by atoms with Crippen LogP contribution in [0.5, 0.6) is 11.5 Å². The van der Waals surface area contributed by atoms with Crippen molar-refractivity contribution in [2.45, 2.75) is 19.9 Å². The molecule has 158 valence electrons. The van der Waals surface area contributed by atoms with Crippen LogP contribution in [0.15, 0.2) is 59.8 Å². The first-order chi connectivity index (χ1) is 14.4. The summed E-state index contributed by atoms with van der Waals surface area (Å²) in [6, 6.07) is 13.8. The molecule has 7 heteroatoms. The Morgan fingerprint density at radius 1 is 1.13 bits per heavy atom. The van der Waals surface area contributed by atoms with Crippen LogP contribution in [0, 0.1) is 6.92 Å². The topological polar surface area (TPSA) is 77.1 Å². The molecular formula is C23H26N2O5. The molecule has 2 aromatic carbocycles. The summed E-state index contributed by atoms with van der Waals surface area (Å²) in [5, 5.41) is 2.88. The lowest BCUT2D eigenvalue weighted by molar-refractivity contribution is -0.139. The molecule has 1 aliphatic rings. The van der Waals surface area contributed by atoms with Gasteiger partial charge in [-0.3, -0.25) is 4.90 Å². The molecule has 0 radical (unpaired) electrons. The van der Waals surface area contributed by atoms with E-state index >= 15 is 0 Å². The fourth-order valence-corrected chi connectivity index (χ4v) is 3.31. The van der Waals surface area contributed by atoms with Crippen molar-refractivity contribution >= 4 is 12.0 Å². The SMILES string of the molecule is CCOC(=O)C1=C(COc2cccc(C)c2)N(C)C(=O)N[C@@H]1c1cccc(OC)c1. The van der Waals surface area contributed by atoms with Crippen molar-refractivity contribution in [2.24, 2.45) is 0 Å². The zero-order valence-corrected chi connectivity index (χ0v) is 17.6. The van der Waals surface area contributed by atoms with Crippen molar-refractivity contribution in [1.82, 2.24) is 10.2 Å². The molecule has 0 aromatic heterocycles. The van der Waals surface area contributed by atoms with Crippen LogP contribution in [0.3, 0.4) is 0 Å². The second kappa shape index (κ2) is 9.35. The fraction of sp³-hybridized carbons (Fsp3) is 0.304. The quantitative estimate of drug-likeness (QED) is 0.706. The number of benzene rings is 2. The number of carbonyl (C=O) groups is 2. The predicted molar refractivity (Wildman–Crippen MR) is 112 cm³/mol. The number of nitrogens with zero attached hydrogens (tertiary/aromatic N) is 1. The highest BCUT2D eigenvalue weighted by Crippen LogP contribution is 2.32. The summed E-state index contributed by atoms with van der Waals surface area (Å²) in [5.74, 6) is 0.782. The minimum atomic E-state index is -0.682. The minimum Gasteiger partial charge on any atom is -0.497 e. The first kappa shape index (κ1) is 21.2. The summed E-state index contributed by atoms with van der Waals surface area (Å²) >= 11 is 0. The summed E-state index contributed by atoms with van der Waals surface area (Å²) in [5.41, 5.74) is 2.55. The molecule has 0 saturated heterocycles. The van der Waals surface area contributed by atoms with E-state index < -0.39 is 12.0 Å². The minimum absolute atomic E-state index is 0.0436. The number of likely N-dealkylation sites (N-methyl/N-ethyl adjacent to an activating group) is 1. The van der Waals surface area contributed by atoms with Crippen molar-refractivity contribution in [1.29, 1.82) is 0 Å². The molecule has 2 amide bonds. The van der Waals surface area contributed by atoms with Gasteiger partial charge in [0.05, 0.1) is 31.0 Å². The molecule has 1 heterocycles. The number of ether oxygens (including phenoxy) is 3. The summed E-state index contributed by atoms with van der Waals surface area (Å²) in [6.07, 6.45) is 0. The number of rotatable bonds is 7.